The van der Waals surface area contributed by atoms with Gasteiger partial charge < -0.3 is 14.4 Å². The van der Waals surface area contributed by atoms with Gasteiger partial charge in [-0.1, -0.05) is 23.2 Å². The zero-order chi connectivity index (χ0) is 27.5. The first-order valence-corrected chi connectivity index (χ1v) is 13.8. The average molecular weight is 575 g/mol. The Morgan fingerprint density at radius 3 is 2.35 bits per heavy atom. The molecular weight excluding hydrogens is 546 g/mol. The topological polar surface area (TPSA) is 93.2 Å². The Balaban J connectivity index is 1.97. The quantitative estimate of drug-likeness (QED) is 0.315. The van der Waals surface area contributed by atoms with Gasteiger partial charge in [-0.2, -0.15) is 0 Å². The smallest absolute Gasteiger partial charge is 0.410 e. The fourth-order valence-electron chi connectivity index (χ4n) is 3.91. The highest BCUT2D eigenvalue weighted by Gasteiger charge is 2.34. The fraction of sp³-hybridized carbons (Fsp3) is 0.440. The van der Waals surface area contributed by atoms with Gasteiger partial charge in [-0.05, 0) is 69.9 Å². The van der Waals surface area contributed by atoms with Gasteiger partial charge in [-0.25, -0.2) is 17.6 Å². The lowest BCUT2D eigenvalue weighted by Gasteiger charge is -2.36. The number of rotatable bonds is 6. The number of ether oxygens (including phenoxy) is 2. The van der Waals surface area contributed by atoms with E-state index < -0.39 is 33.5 Å². The number of benzene rings is 2. The molecule has 1 saturated heterocycles. The highest BCUT2D eigenvalue weighted by atomic mass is 35.5. The number of sulfonamides is 1. The Labute approximate surface area is 226 Å². The second kappa shape index (κ2) is 11.4. The fourth-order valence-corrected chi connectivity index (χ4v) is 6.19. The molecule has 2 aromatic carbocycles. The summed E-state index contributed by atoms with van der Waals surface area (Å²) in [5.41, 5.74) is -0.791. The minimum atomic E-state index is -4.38. The summed E-state index contributed by atoms with van der Waals surface area (Å²) >= 11 is 12.3. The number of halogens is 3. The highest BCUT2D eigenvalue weighted by molar-refractivity contribution is 7.93. The maximum Gasteiger partial charge on any atom is 0.410 e. The van der Waals surface area contributed by atoms with E-state index in [1.165, 1.54) is 24.3 Å². The van der Waals surface area contributed by atoms with Gasteiger partial charge in [0.05, 0.1) is 10.7 Å². The first-order chi connectivity index (χ1) is 17.2. The molecular formula is C25H29Cl2FN2O6S. The van der Waals surface area contributed by atoms with E-state index in [1.54, 1.807) is 25.7 Å². The van der Waals surface area contributed by atoms with Crippen LogP contribution in [0.1, 0.15) is 40.5 Å². The molecule has 0 spiro atoms. The number of anilines is 1. The van der Waals surface area contributed by atoms with E-state index in [2.05, 4.69) is 0 Å². The number of likely N-dealkylation sites (tertiary alicyclic amines) is 1. The molecule has 1 aliphatic heterocycles. The van der Waals surface area contributed by atoms with Gasteiger partial charge in [0.1, 0.15) is 16.3 Å². The number of piperidine rings is 1. The Morgan fingerprint density at radius 1 is 1.11 bits per heavy atom. The molecule has 37 heavy (non-hydrogen) atoms. The first kappa shape index (κ1) is 29.0. The molecule has 0 unspecified atom stereocenters. The van der Waals surface area contributed by atoms with Crippen LogP contribution in [-0.4, -0.2) is 50.6 Å². The molecule has 1 amide bonds. The van der Waals surface area contributed by atoms with Crippen LogP contribution < -0.4 is 9.04 Å². The number of esters is 1. The van der Waals surface area contributed by atoms with Gasteiger partial charge in [0.15, 0.2) is 5.75 Å². The predicted octanol–water partition coefficient (Wildman–Crippen LogP) is 5.90. The van der Waals surface area contributed by atoms with Crippen molar-refractivity contribution >= 4 is 51.0 Å². The third-order valence-electron chi connectivity index (χ3n) is 5.59. The van der Waals surface area contributed by atoms with Crippen LogP contribution in [0.4, 0.5) is 14.9 Å². The van der Waals surface area contributed by atoms with Crippen molar-refractivity contribution in [2.75, 3.05) is 23.9 Å². The summed E-state index contributed by atoms with van der Waals surface area (Å²) in [6, 6.07) is 7.27. The van der Waals surface area contributed by atoms with Crippen molar-refractivity contribution in [1.29, 1.82) is 0 Å². The SMILES string of the molecule is CC(=O)Oc1ccc(F)cc1N(CC1CCN(C(=O)OC(C)(C)C)CC1)S(=O)(=O)c1cc(Cl)ccc1Cl. The zero-order valence-electron chi connectivity index (χ0n) is 21.0. The number of amides is 1. The molecule has 0 N–H and O–H groups in total. The third-order valence-corrected chi connectivity index (χ3v) is 8.09. The van der Waals surface area contributed by atoms with Crippen LogP contribution in [-0.2, 0) is 19.6 Å². The Hall–Kier alpha value is -2.56. The lowest BCUT2D eigenvalue weighted by Crippen LogP contribution is -2.44. The van der Waals surface area contributed by atoms with Crippen LogP contribution in [0, 0.1) is 11.7 Å². The normalized spacial score (nSPS) is 14.8. The van der Waals surface area contributed by atoms with E-state index in [-0.39, 0.29) is 38.8 Å². The monoisotopic (exact) mass is 574 g/mol. The molecule has 1 heterocycles. The highest BCUT2D eigenvalue weighted by Crippen LogP contribution is 2.37. The van der Waals surface area contributed by atoms with E-state index in [9.17, 15) is 22.4 Å². The average Bonchev–Trinajstić information content (AvgIpc) is 2.79. The van der Waals surface area contributed by atoms with Crippen molar-refractivity contribution in [3.05, 3.63) is 52.3 Å². The van der Waals surface area contributed by atoms with Crippen LogP contribution in [0.5, 0.6) is 5.75 Å². The maximum absolute atomic E-state index is 14.4. The summed E-state index contributed by atoms with van der Waals surface area (Å²) in [7, 11) is -4.38. The van der Waals surface area contributed by atoms with Crippen molar-refractivity contribution in [2.24, 2.45) is 5.92 Å². The molecule has 202 valence electrons. The van der Waals surface area contributed by atoms with E-state index in [0.29, 0.717) is 25.9 Å². The minimum Gasteiger partial charge on any atom is -0.444 e. The summed E-state index contributed by atoms with van der Waals surface area (Å²) in [4.78, 5) is 25.4. The lowest BCUT2D eigenvalue weighted by atomic mass is 9.97. The van der Waals surface area contributed by atoms with E-state index in [0.717, 1.165) is 23.4 Å². The molecule has 0 radical (unpaired) electrons. The molecule has 0 bridgehead atoms. The van der Waals surface area contributed by atoms with Crippen molar-refractivity contribution < 1.29 is 31.9 Å². The second-order valence-corrected chi connectivity index (χ2v) is 12.4. The van der Waals surface area contributed by atoms with Gasteiger partial charge in [-0.3, -0.25) is 9.10 Å². The van der Waals surface area contributed by atoms with E-state index >= 15 is 0 Å². The minimum absolute atomic E-state index is 0.0698. The van der Waals surface area contributed by atoms with Crippen LogP contribution in [0.15, 0.2) is 41.3 Å². The van der Waals surface area contributed by atoms with Gasteiger partial charge in [0.25, 0.3) is 10.0 Å². The van der Waals surface area contributed by atoms with Crippen LogP contribution in [0.2, 0.25) is 10.0 Å². The molecule has 3 rings (SSSR count). The first-order valence-electron chi connectivity index (χ1n) is 11.6. The van der Waals surface area contributed by atoms with Gasteiger partial charge in [0, 0.05) is 37.6 Å². The summed E-state index contributed by atoms with van der Waals surface area (Å²) < 4.78 is 53.8. The standard InChI is InChI=1S/C25H29Cl2FN2O6S/c1-16(31)35-22-8-6-19(28)14-21(22)30(37(33,34)23-13-18(26)5-7-20(23)27)15-17-9-11-29(12-10-17)24(32)36-25(2,3)4/h5-8,13-14,17H,9-12,15H2,1-4H3. The Bertz CT molecular complexity index is 1270. The molecule has 0 saturated carbocycles. The third kappa shape index (κ3) is 7.49. The zero-order valence-corrected chi connectivity index (χ0v) is 23.3. The number of hydrogen-bond donors (Lipinski definition) is 0. The van der Waals surface area contributed by atoms with E-state index in [1.807, 2.05) is 0 Å². The summed E-state index contributed by atoms with van der Waals surface area (Å²) in [5, 5.41) is 0.0765. The van der Waals surface area contributed by atoms with Crippen molar-refractivity contribution in [3.63, 3.8) is 0 Å². The number of carbonyl (C=O) groups excluding carboxylic acids is 2. The van der Waals surface area contributed by atoms with Crippen LogP contribution in [0.3, 0.4) is 0 Å². The number of carbonyl (C=O) groups is 2. The predicted molar refractivity (Wildman–Crippen MR) is 139 cm³/mol. The van der Waals surface area contributed by atoms with Crippen molar-refractivity contribution in [2.45, 2.75) is 51.0 Å². The molecule has 8 nitrogen and oxygen atoms in total. The van der Waals surface area contributed by atoms with Gasteiger partial charge in [-0.15, -0.1) is 0 Å². The molecule has 0 atom stereocenters. The van der Waals surface area contributed by atoms with Crippen molar-refractivity contribution in [1.82, 2.24) is 4.90 Å². The molecule has 0 aromatic heterocycles. The summed E-state index contributed by atoms with van der Waals surface area (Å²) in [6.07, 6.45) is 0.489. The molecule has 0 aliphatic carbocycles. The van der Waals surface area contributed by atoms with Crippen LogP contribution in [0.25, 0.3) is 0 Å². The molecule has 2 aromatic rings. The molecule has 1 fully saturated rings. The summed E-state index contributed by atoms with van der Waals surface area (Å²) in [5.74, 6) is -1.75. The van der Waals surface area contributed by atoms with Gasteiger partial charge >= 0.3 is 12.1 Å². The lowest BCUT2D eigenvalue weighted by molar-refractivity contribution is -0.131. The summed E-state index contributed by atoms with van der Waals surface area (Å²) in [6.45, 7) is 7.12. The molecule has 1 aliphatic rings. The molecule has 12 heteroatoms. The Kier molecular flexibility index (Phi) is 8.97. The number of nitrogens with zero attached hydrogens (tertiary/aromatic N) is 2. The van der Waals surface area contributed by atoms with E-state index in [4.69, 9.17) is 32.7 Å². The maximum atomic E-state index is 14.4. The number of hydrogen-bond acceptors (Lipinski definition) is 6. The van der Waals surface area contributed by atoms with Gasteiger partial charge in [0.2, 0.25) is 0 Å². The Morgan fingerprint density at radius 2 is 1.76 bits per heavy atom. The van der Waals surface area contributed by atoms with Crippen LogP contribution >= 0.6 is 23.2 Å². The van der Waals surface area contributed by atoms with Crippen molar-refractivity contribution in [3.8, 4) is 5.75 Å². The second-order valence-electron chi connectivity index (χ2n) is 9.73. The largest absolute Gasteiger partial charge is 0.444 e.